The number of anilines is 1. The van der Waals surface area contributed by atoms with E-state index in [2.05, 4.69) is 10.0 Å². The SMILES string of the molecule is CCOc1ccc(C(=O)CCC(=O)Nc2ccc(S(=O)(=O)NC)cc2)cc1. The first-order valence-electron chi connectivity index (χ1n) is 8.45. The highest BCUT2D eigenvalue weighted by molar-refractivity contribution is 7.89. The highest BCUT2D eigenvalue weighted by Gasteiger charge is 2.12. The van der Waals surface area contributed by atoms with Crippen molar-refractivity contribution in [1.29, 1.82) is 0 Å². The highest BCUT2D eigenvalue weighted by Crippen LogP contribution is 2.16. The molecule has 0 aliphatic heterocycles. The molecule has 144 valence electrons. The monoisotopic (exact) mass is 390 g/mol. The zero-order valence-electron chi connectivity index (χ0n) is 15.2. The van der Waals surface area contributed by atoms with Crippen molar-refractivity contribution in [1.82, 2.24) is 4.72 Å². The molecule has 0 bridgehead atoms. The van der Waals surface area contributed by atoms with E-state index in [0.717, 1.165) is 0 Å². The average molecular weight is 390 g/mol. The number of sulfonamides is 1. The minimum atomic E-state index is -3.52. The fourth-order valence-electron chi connectivity index (χ4n) is 2.33. The molecule has 2 rings (SSSR count). The summed E-state index contributed by atoms with van der Waals surface area (Å²) in [5.74, 6) is 0.234. The lowest BCUT2D eigenvalue weighted by Crippen LogP contribution is -2.18. The Hall–Kier alpha value is -2.71. The molecule has 0 radical (unpaired) electrons. The van der Waals surface area contributed by atoms with Gasteiger partial charge in [-0.15, -0.1) is 0 Å². The van der Waals surface area contributed by atoms with E-state index in [1.807, 2.05) is 6.92 Å². The Morgan fingerprint density at radius 3 is 2.15 bits per heavy atom. The largest absolute Gasteiger partial charge is 0.494 e. The number of ketones is 1. The van der Waals surface area contributed by atoms with E-state index in [0.29, 0.717) is 23.6 Å². The molecule has 0 atom stereocenters. The van der Waals surface area contributed by atoms with Gasteiger partial charge in [0.25, 0.3) is 0 Å². The molecule has 0 unspecified atom stereocenters. The van der Waals surface area contributed by atoms with Crippen LogP contribution in [0, 0.1) is 0 Å². The van der Waals surface area contributed by atoms with Crippen LogP contribution in [0.4, 0.5) is 5.69 Å². The number of nitrogens with one attached hydrogen (secondary N) is 2. The summed E-state index contributed by atoms with van der Waals surface area (Å²) in [4.78, 5) is 24.3. The van der Waals surface area contributed by atoms with Crippen molar-refractivity contribution < 1.29 is 22.7 Å². The Morgan fingerprint density at radius 2 is 1.59 bits per heavy atom. The number of amides is 1. The predicted molar refractivity (Wildman–Crippen MR) is 102 cm³/mol. The summed E-state index contributed by atoms with van der Waals surface area (Å²) >= 11 is 0. The highest BCUT2D eigenvalue weighted by atomic mass is 32.2. The van der Waals surface area contributed by atoms with Crippen LogP contribution in [0.2, 0.25) is 0 Å². The first-order valence-corrected chi connectivity index (χ1v) is 9.93. The van der Waals surface area contributed by atoms with Crippen LogP contribution in [0.15, 0.2) is 53.4 Å². The lowest BCUT2D eigenvalue weighted by molar-refractivity contribution is -0.116. The molecule has 8 heteroatoms. The molecule has 1 amide bonds. The maximum atomic E-state index is 12.2. The van der Waals surface area contributed by atoms with Crippen molar-refractivity contribution in [2.75, 3.05) is 19.0 Å². The van der Waals surface area contributed by atoms with Crippen LogP contribution in [0.25, 0.3) is 0 Å². The van der Waals surface area contributed by atoms with Gasteiger partial charge in [-0.2, -0.15) is 0 Å². The van der Waals surface area contributed by atoms with Gasteiger partial charge in [-0.05, 0) is 62.5 Å². The Morgan fingerprint density at radius 1 is 0.963 bits per heavy atom. The van der Waals surface area contributed by atoms with E-state index in [9.17, 15) is 18.0 Å². The summed E-state index contributed by atoms with van der Waals surface area (Å²) in [6, 6.07) is 12.6. The molecule has 0 saturated carbocycles. The Kier molecular flexibility index (Phi) is 7.09. The van der Waals surface area contributed by atoms with Gasteiger partial charge in [0.05, 0.1) is 11.5 Å². The molecule has 0 fully saturated rings. The lowest BCUT2D eigenvalue weighted by atomic mass is 10.1. The third-order valence-corrected chi connectivity index (χ3v) is 5.21. The maximum Gasteiger partial charge on any atom is 0.240 e. The number of ether oxygens (including phenoxy) is 1. The standard InChI is InChI=1S/C19H22N2O5S/c1-3-26-16-8-4-14(5-9-16)18(22)12-13-19(23)21-15-6-10-17(11-7-15)27(24,25)20-2/h4-11,20H,3,12-13H2,1-2H3,(H,21,23). The second kappa shape index (κ2) is 9.29. The van der Waals surface area contributed by atoms with Gasteiger partial charge in [0.2, 0.25) is 15.9 Å². The molecule has 0 heterocycles. The average Bonchev–Trinajstić information content (AvgIpc) is 2.67. The van der Waals surface area contributed by atoms with Gasteiger partial charge in [-0.25, -0.2) is 13.1 Å². The van der Waals surface area contributed by atoms with Crippen LogP contribution in [0.1, 0.15) is 30.1 Å². The molecule has 0 aromatic heterocycles. The number of hydrogen-bond acceptors (Lipinski definition) is 5. The molecule has 0 saturated heterocycles. The fraction of sp³-hybridized carbons (Fsp3) is 0.263. The van der Waals surface area contributed by atoms with Gasteiger partial charge < -0.3 is 10.1 Å². The normalized spacial score (nSPS) is 11.0. The van der Waals surface area contributed by atoms with E-state index in [-0.39, 0.29) is 29.4 Å². The van der Waals surface area contributed by atoms with Crippen molar-refractivity contribution in [2.24, 2.45) is 0 Å². The second-order valence-electron chi connectivity index (χ2n) is 5.66. The Labute approximate surface area is 158 Å². The van der Waals surface area contributed by atoms with Crippen LogP contribution >= 0.6 is 0 Å². The number of Topliss-reactive ketones (excluding diaryl/α,β-unsaturated/α-hetero) is 1. The summed E-state index contributed by atoms with van der Waals surface area (Å²) in [5.41, 5.74) is 0.983. The summed E-state index contributed by atoms with van der Waals surface area (Å²) in [7, 11) is -2.19. The third kappa shape index (κ3) is 5.90. The number of hydrogen-bond donors (Lipinski definition) is 2. The number of carbonyl (C=O) groups is 2. The van der Waals surface area contributed by atoms with Gasteiger partial charge in [0.1, 0.15) is 5.75 Å². The Bertz CT molecular complexity index is 891. The zero-order chi connectivity index (χ0) is 19.9. The van der Waals surface area contributed by atoms with Crippen LogP contribution in [0.3, 0.4) is 0 Å². The van der Waals surface area contributed by atoms with Gasteiger partial charge in [-0.1, -0.05) is 0 Å². The molecule has 2 aromatic rings. The van der Waals surface area contributed by atoms with Crippen molar-refractivity contribution in [3.05, 3.63) is 54.1 Å². The molecular weight excluding hydrogens is 368 g/mol. The zero-order valence-corrected chi connectivity index (χ0v) is 16.0. The fourth-order valence-corrected chi connectivity index (χ4v) is 3.06. The minimum Gasteiger partial charge on any atom is -0.494 e. The van der Waals surface area contributed by atoms with E-state index in [4.69, 9.17) is 4.74 Å². The lowest BCUT2D eigenvalue weighted by Gasteiger charge is -2.07. The van der Waals surface area contributed by atoms with Crippen LogP contribution in [-0.2, 0) is 14.8 Å². The van der Waals surface area contributed by atoms with E-state index in [1.54, 1.807) is 24.3 Å². The summed E-state index contributed by atoms with van der Waals surface area (Å²) < 4.78 is 30.9. The molecule has 2 N–H and O–H groups in total. The summed E-state index contributed by atoms with van der Waals surface area (Å²) in [6.07, 6.45) is 0.106. The van der Waals surface area contributed by atoms with Crippen molar-refractivity contribution in [2.45, 2.75) is 24.7 Å². The van der Waals surface area contributed by atoms with Crippen LogP contribution in [0.5, 0.6) is 5.75 Å². The number of carbonyl (C=O) groups excluding carboxylic acids is 2. The van der Waals surface area contributed by atoms with E-state index in [1.165, 1.54) is 31.3 Å². The van der Waals surface area contributed by atoms with Gasteiger partial charge in [0, 0.05) is 24.1 Å². The van der Waals surface area contributed by atoms with Crippen molar-refractivity contribution >= 4 is 27.4 Å². The summed E-state index contributed by atoms with van der Waals surface area (Å²) in [5, 5.41) is 2.64. The van der Waals surface area contributed by atoms with Gasteiger partial charge in [0.15, 0.2) is 5.78 Å². The summed E-state index contributed by atoms with van der Waals surface area (Å²) in [6.45, 7) is 2.43. The van der Waals surface area contributed by atoms with E-state index < -0.39 is 10.0 Å². The predicted octanol–water partition coefficient (Wildman–Crippen LogP) is 2.60. The number of benzene rings is 2. The quantitative estimate of drug-likeness (QED) is 0.641. The second-order valence-corrected chi connectivity index (χ2v) is 7.55. The minimum absolute atomic E-state index is 0.0304. The molecule has 27 heavy (non-hydrogen) atoms. The molecule has 0 aliphatic rings. The van der Waals surface area contributed by atoms with Gasteiger partial charge >= 0.3 is 0 Å². The van der Waals surface area contributed by atoms with Crippen LogP contribution in [-0.4, -0.2) is 33.8 Å². The van der Waals surface area contributed by atoms with Gasteiger partial charge in [-0.3, -0.25) is 9.59 Å². The molecule has 0 aliphatic carbocycles. The first kappa shape index (κ1) is 20.6. The third-order valence-electron chi connectivity index (χ3n) is 3.78. The first-order chi connectivity index (χ1) is 12.9. The van der Waals surface area contributed by atoms with Crippen molar-refractivity contribution in [3.63, 3.8) is 0 Å². The molecule has 2 aromatic carbocycles. The molecular formula is C19H22N2O5S. The number of rotatable bonds is 9. The Balaban J connectivity index is 1.87. The van der Waals surface area contributed by atoms with E-state index >= 15 is 0 Å². The van der Waals surface area contributed by atoms with Crippen LogP contribution < -0.4 is 14.8 Å². The molecule has 0 spiro atoms. The van der Waals surface area contributed by atoms with Crippen molar-refractivity contribution in [3.8, 4) is 5.75 Å². The smallest absolute Gasteiger partial charge is 0.240 e. The topological polar surface area (TPSA) is 102 Å². The molecule has 7 nitrogen and oxygen atoms in total. The maximum absolute atomic E-state index is 12.2.